The van der Waals surface area contributed by atoms with Crippen molar-refractivity contribution in [3.05, 3.63) is 0 Å². The highest BCUT2D eigenvalue weighted by Crippen LogP contribution is 2.49. The van der Waals surface area contributed by atoms with Crippen molar-refractivity contribution in [2.45, 2.75) is 73.6 Å². The van der Waals surface area contributed by atoms with Crippen molar-refractivity contribution >= 4 is 8.56 Å². The molecule has 6 nitrogen and oxygen atoms in total. The minimum Gasteiger partial charge on any atom is -0.398 e. The topological polar surface area (TPSA) is 55.4 Å². The molecule has 2 atom stereocenters. The molecule has 0 spiro atoms. The van der Waals surface area contributed by atoms with E-state index in [2.05, 4.69) is 18.9 Å². The summed E-state index contributed by atoms with van der Waals surface area (Å²) in [6.45, 7) is -6.22. The number of ether oxygens (including phenoxy) is 4. The molecule has 0 rings (SSSR count). The maximum Gasteiger partial charge on any atom is 0.462 e. The molecule has 0 aliphatic carbocycles. The molecule has 2 unspecified atom stereocenters. The van der Waals surface area contributed by atoms with Gasteiger partial charge in [-0.2, -0.15) is 79.0 Å². The third-order valence-corrected chi connectivity index (χ3v) is 8.48. The molecule has 46 heavy (non-hydrogen) atoms. The molecule has 0 fully saturated rings. The lowest BCUT2D eigenvalue weighted by Crippen LogP contribution is -2.56. The maximum atomic E-state index is 13.8. The van der Waals surface area contributed by atoms with Crippen molar-refractivity contribution in [3.63, 3.8) is 0 Å². The zero-order chi connectivity index (χ0) is 37.0. The van der Waals surface area contributed by atoms with Crippen LogP contribution in [0.3, 0.4) is 0 Å². The van der Waals surface area contributed by atoms with E-state index < -0.39 is 108 Å². The van der Waals surface area contributed by atoms with Crippen LogP contribution in [0.2, 0.25) is 12.6 Å². The van der Waals surface area contributed by atoms with Gasteiger partial charge < -0.3 is 18.3 Å². The smallest absolute Gasteiger partial charge is 0.398 e. The molecule has 0 bridgehead atoms. The SMILES string of the molecule is CO[Si](C)(CC(COCC(F)(F)C(F)OC(F)(F)C(F)(F)C(F)(F)F)COCC(F)(F)C(F)OC(F)(F)C(F)(F)C(F)(F)F)OC. The minimum atomic E-state index is -7.15. The Morgan fingerprint density at radius 2 is 0.804 bits per heavy atom. The van der Waals surface area contributed by atoms with E-state index >= 15 is 0 Å². The molecule has 0 aromatic carbocycles. The first-order valence-electron chi connectivity index (χ1n) is 11.5. The van der Waals surface area contributed by atoms with Gasteiger partial charge in [0.1, 0.15) is 13.2 Å². The molecule has 0 saturated heterocycles. The Kier molecular flexibility index (Phi) is 14.5. The summed E-state index contributed by atoms with van der Waals surface area (Å²) in [7, 11) is -1.47. The lowest BCUT2D eigenvalue weighted by atomic mass is 10.2. The number of hydrogen-bond donors (Lipinski definition) is 0. The van der Waals surface area contributed by atoms with Crippen molar-refractivity contribution < 1.29 is 116 Å². The van der Waals surface area contributed by atoms with Gasteiger partial charge in [-0.15, -0.1) is 0 Å². The highest BCUT2D eigenvalue weighted by Gasteiger charge is 2.77. The number of alkyl halides is 20. The van der Waals surface area contributed by atoms with E-state index in [1.165, 1.54) is 6.55 Å². The van der Waals surface area contributed by atoms with Crippen molar-refractivity contribution in [2.75, 3.05) is 40.6 Å². The fourth-order valence-corrected chi connectivity index (χ4v) is 4.49. The third-order valence-electron chi connectivity index (χ3n) is 5.43. The average Bonchev–Trinajstić information content (AvgIpc) is 2.86. The van der Waals surface area contributed by atoms with Gasteiger partial charge in [0.15, 0.2) is 0 Å². The first kappa shape index (κ1) is 44.6. The van der Waals surface area contributed by atoms with Gasteiger partial charge in [-0.3, -0.25) is 9.47 Å². The molecule has 0 radical (unpaired) electrons. The number of hydrogen-bond acceptors (Lipinski definition) is 6. The fraction of sp³-hybridized carbons (Fsp3) is 1.00. The maximum absolute atomic E-state index is 13.8. The quantitative estimate of drug-likeness (QED) is 0.0951. The Bertz CT molecular complexity index is 877. The molecular weight excluding hydrogens is 732 g/mol. The predicted molar refractivity (Wildman–Crippen MR) is 109 cm³/mol. The van der Waals surface area contributed by atoms with Crippen molar-refractivity contribution in [1.29, 1.82) is 0 Å². The van der Waals surface area contributed by atoms with Crippen LogP contribution in [0, 0.1) is 5.92 Å². The lowest BCUT2D eigenvalue weighted by molar-refractivity contribution is -0.451. The molecule has 0 N–H and O–H groups in total. The van der Waals surface area contributed by atoms with E-state index in [1.807, 2.05) is 0 Å². The second kappa shape index (κ2) is 15.0. The van der Waals surface area contributed by atoms with Gasteiger partial charge in [-0.1, -0.05) is 0 Å². The average molecular weight is 754 g/mol. The van der Waals surface area contributed by atoms with Crippen LogP contribution in [-0.2, 0) is 27.8 Å². The monoisotopic (exact) mass is 754 g/mol. The minimum absolute atomic E-state index is 0.575. The van der Waals surface area contributed by atoms with Gasteiger partial charge in [0, 0.05) is 20.1 Å². The van der Waals surface area contributed by atoms with Crippen LogP contribution in [0.4, 0.5) is 87.8 Å². The van der Waals surface area contributed by atoms with Crippen LogP contribution in [0.15, 0.2) is 0 Å². The van der Waals surface area contributed by atoms with Crippen molar-refractivity contribution in [1.82, 2.24) is 0 Å². The summed E-state index contributed by atoms with van der Waals surface area (Å²) < 4.78 is 282. The van der Waals surface area contributed by atoms with Gasteiger partial charge in [0.2, 0.25) is 0 Å². The third kappa shape index (κ3) is 11.1. The number of rotatable bonds is 20. The summed E-state index contributed by atoms with van der Waals surface area (Å²) in [6, 6.07) is -0.575. The molecule has 0 aromatic rings. The molecule has 0 aliphatic rings. The summed E-state index contributed by atoms with van der Waals surface area (Å²) in [6.07, 6.45) is -37.7. The summed E-state index contributed by atoms with van der Waals surface area (Å²) in [5, 5.41) is 0. The second-order valence-corrected chi connectivity index (χ2v) is 12.7. The van der Waals surface area contributed by atoms with Gasteiger partial charge in [0.05, 0.1) is 13.2 Å². The van der Waals surface area contributed by atoms with E-state index in [4.69, 9.17) is 8.85 Å². The van der Waals surface area contributed by atoms with Gasteiger partial charge in [0.25, 0.3) is 12.7 Å². The summed E-state index contributed by atoms with van der Waals surface area (Å²) in [5.41, 5.74) is 0. The number of halogens is 20. The van der Waals surface area contributed by atoms with Gasteiger partial charge >= 0.3 is 56.8 Å². The first-order chi connectivity index (χ1) is 20.2. The van der Waals surface area contributed by atoms with Crippen LogP contribution in [-0.4, -0.2) is 110 Å². The van der Waals surface area contributed by atoms with E-state index in [-0.39, 0.29) is 0 Å². The molecule has 0 aliphatic heterocycles. The van der Waals surface area contributed by atoms with Gasteiger partial charge in [-0.05, 0) is 12.6 Å². The largest absolute Gasteiger partial charge is 0.462 e. The Morgan fingerprint density at radius 3 is 1.04 bits per heavy atom. The zero-order valence-corrected chi connectivity index (χ0v) is 23.8. The summed E-state index contributed by atoms with van der Waals surface area (Å²) in [4.78, 5) is 0. The Morgan fingerprint density at radius 1 is 0.522 bits per heavy atom. The predicted octanol–water partition coefficient (Wildman–Crippen LogP) is 7.48. The van der Waals surface area contributed by atoms with Gasteiger partial charge in [-0.25, -0.2) is 8.78 Å². The Labute approximate surface area is 245 Å². The second-order valence-electron chi connectivity index (χ2n) is 9.21. The summed E-state index contributed by atoms with van der Waals surface area (Å²) >= 11 is 0. The summed E-state index contributed by atoms with van der Waals surface area (Å²) in [5.74, 6) is -26.7. The van der Waals surface area contributed by atoms with E-state index in [0.29, 0.717) is 0 Å². The highest BCUT2D eigenvalue weighted by atomic mass is 28.4. The lowest BCUT2D eigenvalue weighted by Gasteiger charge is -2.31. The fourth-order valence-electron chi connectivity index (χ4n) is 2.71. The molecule has 278 valence electrons. The molecular formula is C19H22F20O6Si. The van der Waals surface area contributed by atoms with E-state index in [9.17, 15) is 87.8 Å². The molecule has 27 heteroatoms. The van der Waals surface area contributed by atoms with Crippen LogP contribution >= 0.6 is 0 Å². The van der Waals surface area contributed by atoms with E-state index in [1.54, 1.807) is 0 Å². The van der Waals surface area contributed by atoms with Crippen LogP contribution < -0.4 is 0 Å². The van der Waals surface area contributed by atoms with Crippen LogP contribution in [0.25, 0.3) is 0 Å². The zero-order valence-electron chi connectivity index (χ0n) is 22.8. The standard InChI is InChI=1S/C19H22F20O6Si/c1-40-46(3,41-2)6-9(4-42-7-12(22,23)10(20)44-18(36,37)14(26,27)16(30,31)32)5-43-8-13(24,25)11(21)45-19(38,39)15(28,29)17(33,34)35/h9-11H,4-8H2,1-3H3. The van der Waals surface area contributed by atoms with Crippen molar-refractivity contribution in [2.24, 2.45) is 5.92 Å². The molecule has 0 amide bonds. The molecule has 0 aromatic heterocycles. The van der Waals surface area contributed by atoms with Crippen LogP contribution in [0.1, 0.15) is 0 Å². The molecule has 0 saturated carbocycles. The normalized spacial score (nSPS) is 17.3. The Hall–Kier alpha value is -1.42. The molecule has 0 heterocycles. The van der Waals surface area contributed by atoms with Crippen LogP contribution in [0.5, 0.6) is 0 Å². The van der Waals surface area contributed by atoms with E-state index in [0.717, 1.165) is 14.2 Å². The Balaban J connectivity index is 5.58. The van der Waals surface area contributed by atoms with Crippen molar-refractivity contribution in [3.8, 4) is 0 Å². The highest BCUT2D eigenvalue weighted by molar-refractivity contribution is 6.66. The first-order valence-corrected chi connectivity index (χ1v) is 14.0.